The number of methoxy groups -OCH3 is 1. The standard InChI is InChI=1S/C48H66N2O11/c1-43-18-15-30(60-23-9-22-59-4)24-33(43)34(52)25-36-46(43)17-8-12-29-26-50(29)42(54)38-31(14-13-28-10-6-5-7-11-28)37-32(27-51)40(61-39(37)41(53)49-38)48(57,58)45(3,55)35-16-19-47(36,56)44(35,2)20-21-46/h5-7,10-11,25,29-33,35,37-41,49,51,53,55-58H,9,12-16,18-24,26-27H2,1-4H3. The summed E-state index contributed by atoms with van der Waals surface area (Å²) in [5, 5.41) is 77.2. The molecule has 0 radical (unpaired) electrons. The molecule has 13 nitrogen and oxygen atoms in total. The Labute approximate surface area is 359 Å². The van der Waals surface area contributed by atoms with Gasteiger partial charge in [-0.15, -0.1) is 5.92 Å². The lowest BCUT2D eigenvalue weighted by atomic mass is 9.39. The van der Waals surface area contributed by atoms with Gasteiger partial charge in [-0.25, -0.2) is 0 Å². The molecule has 7 bridgehead atoms. The van der Waals surface area contributed by atoms with Crippen molar-refractivity contribution in [1.29, 1.82) is 0 Å². The molecule has 61 heavy (non-hydrogen) atoms. The highest BCUT2D eigenvalue weighted by Crippen LogP contribution is 2.73. The van der Waals surface area contributed by atoms with Crippen molar-refractivity contribution in [3.8, 4) is 11.8 Å². The molecule has 334 valence electrons. The average Bonchev–Trinajstić information content (AvgIpc) is 3.79. The molecular formula is C48H66N2O11. The molecule has 0 aromatic heterocycles. The fourth-order valence-corrected chi connectivity index (χ4v) is 14.2. The Kier molecular flexibility index (Phi) is 11.0. The van der Waals surface area contributed by atoms with Crippen LogP contribution in [0.15, 0.2) is 42.0 Å². The van der Waals surface area contributed by atoms with Gasteiger partial charge in [0.15, 0.2) is 5.78 Å². The number of nitrogens with one attached hydrogen (secondary N) is 1. The minimum Gasteiger partial charge on any atom is -0.396 e. The van der Waals surface area contributed by atoms with E-state index in [-0.39, 0.29) is 36.7 Å². The molecule has 5 aliphatic heterocycles. The molecule has 7 N–H and O–H groups in total. The van der Waals surface area contributed by atoms with E-state index >= 15 is 0 Å². The van der Waals surface area contributed by atoms with Crippen LogP contribution < -0.4 is 5.32 Å². The first kappa shape index (κ1) is 43.5. The predicted octanol–water partition coefficient (Wildman–Crippen LogP) is 2.23. The van der Waals surface area contributed by atoms with Gasteiger partial charge < -0.3 is 49.7 Å². The molecule has 1 amide bonds. The molecule has 1 spiro atoms. The van der Waals surface area contributed by atoms with E-state index in [0.717, 1.165) is 18.4 Å². The van der Waals surface area contributed by atoms with Crippen molar-refractivity contribution in [3.05, 3.63) is 47.5 Å². The number of hydrogen-bond donors (Lipinski definition) is 7. The zero-order chi connectivity index (χ0) is 43.3. The number of nitrogens with zero attached hydrogens (tertiary/aromatic N) is 1. The molecule has 9 aliphatic rings. The Balaban J connectivity index is 1.14. The molecule has 3 saturated heterocycles. The van der Waals surface area contributed by atoms with Crippen LogP contribution in [0.4, 0.5) is 0 Å². The van der Waals surface area contributed by atoms with Crippen LogP contribution in [0.5, 0.6) is 0 Å². The van der Waals surface area contributed by atoms with Gasteiger partial charge in [0.1, 0.15) is 24.0 Å². The molecule has 16 unspecified atom stereocenters. The Morgan fingerprint density at radius 3 is 2.48 bits per heavy atom. The summed E-state index contributed by atoms with van der Waals surface area (Å²) in [6.07, 6.45) is 2.90. The van der Waals surface area contributed by atoms with E-state index < -0.39 is 93.9 Å². The van der Waals surface area contributed by atoms with Gasteiger partial charge in [-0.3, -0.25) is 14.9 Å². The van der Waals surface area contributed by atoms with E-state index in [0.29, 0.717) is 70.3 Å². The number of aliphatic hydroxyl groups is 6. The Bertz CT molecular complexity index is 1960. The second kappa shape index (κ2) is 15.5. The van der Waals surface area contributed by atoms with Gasteiger partial charge in [-0.1, -0.05) is 50.1 Å². The number of carbonyl (C=O) groups is 2. The van der Waals surface area contributed by atoms with Gasteiger partial charge in [-0.05, 0) is 99.7 Å². The van der Waals surface area contributed by atoms with E-state index in [2.05, 4.69) is 24.1 Å². The summed E-state index contributed by atoms with van der Waals surface area (Å²) in [5.74, 6) is 0.538. The fraction of sp³-hybridized carbons (Fsp3) is 0.750. The van der Waals surface area contributed by atoms with E-state index in [1.807, 2.05) is 37.3 Å². The number of aryl methyl sites for hydroxylation is 1. The smallest absolute Gasteiger partial charge is 0.240 e. The van der Waals surface area contributed by atoms with Gasteiger partial charge in [-0.2, -0.15) is 0 Å². The first-order chi connectivity index (χ1) is 29.0. The number of benzene rings is 1. The summed E-state index contributed by atoms with van der Waals surface area (Å²) in [5.41, 5.74) is -5.06. The molecule has 10 rings (SSSR count). The van der Waals surface area contributed by atoms with Crippen LogP contribution in [-0.4, -0.2) is 134 Å². The van der Waals surface area contributed by atoms with Crippen LogP contribution in [0.25, 0.3) is 0 Å². The van der Waals surface area contributed by atoms with Crippen molar-refractivity contribution in [2.75, 3.05) is 33.5 Å². The number of fused-ring (bicyclic) bond motifs is 4. The van der Waals surface area contributed by atoms with E-state index in [4.69, 9.17) is 14.2 Å². The number of rotatable bonds is 9. The second-order valence-corrected chi connectivity index (χ2v) is 20.6. The lowest BCUT2D eigenvalue weighted by molar-refractivity contribution is -0.345. The third-order valence-electron chi connectivity index (χ3n) is 17.8. The van der Waals surface area contributed by atoms with E-state index in [1.165, 1.54) is 6.92 Å². The van der Waals surface area contributed by atoms with Crippen molar-refractivity contribution in [3.63, 3.8) is 0 Å². The molecule has 1 aromatic carbocycles. The van der Waals surface area contributed by atoms with Crippen molar-refractivity contribution in [2.45, 2.75) is 145 Å². The minimum absolute atomic E-state index is 0.0766. The van der Waals surface area contributed by atoms with E-state index in [1.54, 1.807) is 18.1 Å². The van der Waals surface area contributed by atoms with Crippen molar-refractivity contribution >= 4 is 11.7 Å². The zero-order valence-corrected chi connectivity index (χ0v) is 36.1. The third-order valence-corrected chi connectivity index (χ3v) is 17.8. The summed E-state index contributed by atoms with van der Waals surface area (Å²) in [4.78, 5) is 30.9. The van der Waals surface area contributed by atoms with Crippen LogP contribution in [0.3, 0.4) is 0 Å². The first-order valence-corrected chi connectivity index (χ1v) is 22.8. The SMILES string of the molecule is COCCCOC1CCC2(C)C(C1)C(=O)C=C1C3(O)CCC4C(C)(O)C(O)(O)C5OC6C(O)NC(C(=O)N7CC7CC#CC12CCC43C)C(CCc1ccccc1)C6C5CO. The minimum atomic E-state index is -2.99. The maximum Gasteiger partial charge on any atom is 0.240 e. The maximum atomic E-state index is 14.6. The molecule has 4 aliphatic carbocycles. The van der Waals surface area contributed by atoms with Gasteiger partial charge >= 0.3 is 0 Å². The van der Waals surface area contributed by atoms with Gasteiger partial charge in [0.2, 0.25) is 11.7 Å². The molecule has 13 heteroatoms. The number of ether oxygens (including phenoxy) is 3. The number of carbonyl (C=O) groups excluding carboxylic acids is 2. The lowest BCUT2D eigenvalue weighted by Crippen LogP contribution is -2.69. The topological polar surface area (TPSA) is 198 Å². The van der Waals surface area contributed by atoms with Crippen LogP contribution in [-0.2, 0) is 30.2 Å². The van der Waals surface area contributed by atoms with Gasteiger partial charge in [0.05, 0.1) is 29.2 Å². The van der Waals surface area contributed by atoms with Crippen LogP contribution in [0, 0.1) is 57.7 Å². The molecule has 6 fully saturated rings. The summed E-state index contributed by atoms with van der Waals surface area (Å²) >= 11 is 0. The highest BCUT2D eigenvalue weighted by molar-refractivity contribution is 5.96. The summed E-state index contributed by atoms with van der Waals surface area (Å²) in [6.45, 7) is 6.45. The highest BCUT2D eigenvalue weighted by atomic mass is 16.6. The monoisotopic (exact) mass is 846 g/mol. The number of amides is 1. The third kappa shape index (κ3) is 6.40. The molecular weight excluding hydrogens is 781 g/mol. The normalized spacial score (nSPS) is 47.1. The van der Waals surface area contributed by atoms with Crippen molar-refractivity contribution in [2.24, 2.45) is 45.8 Å². The Morgan fingerprint density at radius 2 is 1.74 bits per heavy atom. The molecule has 5 heterocycles. The Hall–Kier alpha value is -2.74. The quantitative estimate of drug-likeness (QED) is 0.0830. The first-order valence-electron chi connectivity index (χ1n) is 22.8. The van der Waals surface area contributed by atoms with Crippen LogP contribution >= 0.6 is 0 Å². The van der Waals surface area contributed by atoms with Crippen LogP contribution in [0.1, 0.15) is 90.5 Å². The summed E-state index contributed by atoms with van der Waals surface area (Å²) in [7, 11) is 1.66. The maximum absolute atomic E-state index is 14.6. The zero-order valence-electron chi connectivity index (χ0n) is 36.1. The van der Waals surface area contributed by atoms with Crippen molar-refractivity contribution < 1.29 is 54.4 Å². The van der Waals surface area contributed by atoms with Crippen molar-refractivity contribution in [1.82, 2.24) is 10.2 Å². The molecule has 3 saturated carbocycles. The summed E-state index contributed by atoms with van der Waals surface area (Å²) < 4.78 is 17.9. The van der Waals surface area contributed by atoms with Gasteiger partial charge in [0.25, 0.3) is 0 Å². The average molecular weight is 847 g/mol. The van der Waals surface area contributed by atoms with E-state index in [9.17, 15) is 40.2 Å². The summed E-state index contributed by atoms with van der Waals surface area (Å²) in [6, 6.07) is 8.82. The van der Waals surface area contributed by atoms with Gasteiger partial charge in [0, 0.05) is 69.0 Å². The number of hydrogen-bond acceptors (Lipinski definition) is 12. The number of piperidine rings is 1. The number of aliphatic hydroxyl groups excluding tert-OH is 2. The predicted molar refractivity (Wildman–Crippen MR) is 222 cm³/mol. The largest absolute Gasteiger partial charge is 0.396 e. The fourth-order valence-electron chi connectivity index (χ4n) is 14.2. The number of allylic oxidation sites excluding steroid dienone is 1. The molecule has 16 atom stereocenters. The second-order valence-electron chi connectivity index (χ2n) is 20.6. The Morgan fingerprint density at radius 1 is 0.967 bits per heavy atom. The molecule has 1 aromatic rings. The number of ketones is 1. The highest BCUT2D eigenvalue weighted by Gasteiger charge is 2.76. The lowest BCUT2D eigenvalue weighted by Gasteiger charge is -2.64. The van der Waals surface area contributed by atoms with Crippen LogP contribution in [0.2, 0.25) is 0 Å².